The van der Waals surface area contributed by atoms with Gasteiger partial charge in [0, 0.05) is 26.2 Å². The van der Waals surface area contributed by atoms with Crippen LogP contribution in [0.2, 0.25) is 0 Å². The van der Waals surface area contributed by atoms with Crippen molar-refractivity contribution in [2.45, 2.75) is 6.92 Å². The maximum absolute atomic E-state index is 7.28. The van der Waals surface area contributed by atoms with E-state index in [2.05, 4.69) is 25.3 Å². The number of piperazine rings is 1. The first-order valence-electron chi connectivity index (χ1n) is 7.25. The van der Waals surface area contributed by atoms with Crippen LogP contribution >= 0.6 is 0 Å². The summed E-state index contributed by atoms with van der Waals surface area (Å²) in [6.07, 6.45) is 1.69. The van der Waals surface area contributed by atoms with Crippen molar-refractivity contribution in [1.29, 1.82) is 0 Å². The molecule has 0 aliphatic carbocycles. The molecule has 0 unspecified atom stereocenters. The number of anilines is 1. The van der Waals surface area contributed by atoms with E-state index in [9.17, 15) is 0 Å². The van der Waals surface area contributed by atoms with Crippen LogP contribution in [0.5, 0.6) is 0 Å². The van der Waals surface area contributed by atoms with Crippen LogP contribution in [0.3, 0.4) is 0 Å². The molecule has 110 valence electrons. The Morgan fingerprint density at radius 2 is 2.09 bits per heavy atom. The quantitative estimate of drug-likeness (QED) is 0.690. The van der Waals surface area contributed by atoms with Gasteiger partial charge in [0.25, 0.3) is 0 Å². The molecule has 2 aromatic heterocycles. The van der Waals surface area contributed by atoms with E-state index < -0.39 is 0 Å². The standard InChI is InChI=1S/C15H15N7/c1-10-7-12-13(8-11(10)16-2)22-9-18-20-15(22)14(19-12)21-5-3-17-4-6-21/h7-9,17H,3-6H2,1H3. The second-order valence-corrected chi connectivity index (χ2v) is 5.44. The van der Waals surface area contributed by atoms with Crippen LogP contribution in [0, 0.1) is 13.5 Å². The van der Waals surface area contributed by atoms with Gasteiger partial charge < -0.3 is 10.2 Å². The molecule has 0 spiro atoms. The average Bonchev–Trinajstić information content (AvgIpc) is 3.04. The van der Waals surface area contributed by atoms with Crippen molar-refractivity contribution < 1.29 is 0 Å². The van der Waals surface area contributed by atoms with Gasteiger partial charge in [0.1, 0.15) is 6.33 Å². The lowest BCUT2D eigenvalue weighted by Crippen LogP contribution is -2.44. The van der Waals surface area contributed by atoms with Crippen LogP contribution in [0.4, 0.5) is 11.5 Å². The Hall–Kier alpha value is -2.72. The van der Waals surface area contributed by atoms with Crippen molar-refractivity contribution in [3.63, 3.8) is 0 Å². The molecule has 1 fully saturated rings. The van der Waals surface area contributed by atoms with Gasteiger partial charge in [0.15, 0.2) is 11.5 Å². The lowest BCUT2D eigenvalue weighted by molar-refractivity contribution is 0.586. The largest absolute Gasteiger partial charge is 0.351 e. The summed E-state index contributed by atoms with van der Waals surface area (Å²) in [5.74, 6) is 0.862. The summed E-state index contributed by atoms with van der Waals surface area (Å²) in [7, 11) is 0. The number of hydrogen-bond donors (Lipinski definition) is 1. The summed E-state index contributed by atoms with van der Waals surface area (Å²) in [5, 5.41) is 11.6. The number of hydrogen-bond acceptors (Lipinski definition) is 5. The van der Waals surface area contributed by atoms with Crippen LogP contribution in [0.1, 0.15) is 5.56 Å². The van der Waals surface area contributed by atoms with Crippen molar-refractivity contribution in [3.8, 4) is 0 Å². The molecular formula is C15H15N7. The Morgan fingerprint density at radius 1 is 1.27 bits per heavy atom. The van der Waals surface area contributed by atoms with Gasteiger partial charge >= 0.3 is 0 Å². The first kappa shape index (κ1) is 13.0. The molecule has 1 aromatic carbocycles. The highest BCUT2D eigenvalue weighted by molar-refractivity contribution is 5.87. The minimum Gasteiger partial charge on any atom is -0.351 e. The monoisotopic (exact) mass is 293 g/mol. The minimum absolute atomic E-state index is 0.638. The van der Waals surface area contributed by atoms with E-state index in [-0.39, 0.29) is 0 Å². The second kappa shape index (κ2) is 4.93. The van der Waals surface area contributed by atoms with E-state index in [1.165, 1.54) is 0 Å². The van der Waals surface area contributed by atoms with Crippen molar-refractivity contribution in [2.75, 3.05) is 31.1 Å². The predicted molar refractivity (Wildman–Crippen MR) is 84.4 cm³/mol. The maximum Gasteiger partial charge on any atom is 0.204 e. The Labute approximate surface area is 127 Å². The Bertz CT molecular complexity index is 900. The lowest BCUT2D eigenvalue weighted by Gasteiger charge is -2.28. The maximum atomic E-state index is 7.28. The SMILES string of the molecule is [C-]#[N+]c1cc2c(cc1C)nc(N1CCNCC1)c1nncn12. The molecule has 7 heteroatoms. The third-order valence-corrected chi connectivity index (χ3v) is 4.06. The normalized spacial score (nSPS) is 15.4. The number of aromatic nitrogens is 4. The Kier molecular flexibility index (Phi) is 2.91. The number of nitrogens with zero attached hydrogens (tertiary/aromatic N) is 6. The number of nitrogens with one attached hydrogen (secondary N) is 1. The summed E-state index contributed by atoms with van der Waals surface area (Å²) < 4.78 is 1.92. The molecular weight excluding hydrogens is 278 g/mol. The van der Waals surface area contributed by atoms with Crippen molar-refractivity contribution in [1.82, 2.24) is 24.9 Å². The fraction of sp³-hybridized carbons (Fsp3) is 0.333. The van der Waals surface area contributed by atoms with Gasteiger partial charge in [-0.25, -0.2) is 9.83 Å². The fourth-order valence-corrected chi connectivity index (χ4v) is 2.89. The van der Waals surface area contributed by atoms with Gasteiger partial charge in [-0.15, -0.1) is 10.2 Å². The molecule has 0 bridgehead atoms. The molecule has 0 radical (unpaired) electrons. The van der Waals surface area contributed by atoms with Gasteiger partial charge in [-0.1, -0.05) is 0 Å². The highest BCUT2D eigenvalue weighted by Gasteiger charge is 2.19. The zero-order chi connectivity index (χ0) is 15.1. The zero-order valence-corrected chi connectivity index (χ0v) is 12.2. The van der Waals surface area contributed by atoms with Crippen molar-refractivity contribution in [2.24, 2.45) is 0 Å². The minimum atomic E-state index is 0.638. The van der Waals surface area contributed by atoms with Crippen molar-refractivity contribution in [3.05, 3.63) is 35.4 Å². The topological polar surface area (TPSA) is 62.7 Å². The highest BCUT2D eigenvalue weighted by Crippen LogP contribution is 2.28. The van der Waals surface area contributed by atoms with Crippen LogP contribution in [0.25, 0.3) is 21.5 Å². The molecule has 1 N–H and O–H groups in total. The smallest absolute Gasteiger partial charge is 0.204 e. The van der Waals surface area contributed by atoms with E-state index in [0.29, 0.717) is 5.69 Å². The second-order valence-electron chi connectivity index (χ2n) is 5.44. The van der Waals surface area contributed by atoms with Gasteiger partial charge in [-0.05, 0) is 24.6 Å². The molecule has 0 amide bonds. The van der Waals surface area contributed by atoms with E-state index in [1.807, 2.05) is 23.5 Å². The average molecular weight is 293 g/mol. The Balaban J connectivity index is 2.01. The molecule has 3 aromatic rings. The third-order valence-electron chi connectivity index (χ3n) is 4.06. The van der Waals surface area contributed by atoms with Crippen LogP contribution in [-0.2, 0) is 0 Å². The van der Waals surface area contributed by atoms with Gasteiger partial charge in [0.05, 0.1) is 17.6 Å². The summed E-state index contributed by atoms with van der Waals surface area (Å²) >= 11 is 0. The molecule has 1 saturated heterocycles. The number of aryl methyl sites for hydroxylation is 1. The molecule has 0 saturated carbocycles. The van der Waals surface area contributed by atoms with E-state index in [0.717, 1.165) is 54.2 Å². The predicted octanol–water partition coefficient (Wildman–Crippen LogP) is 1.55. The third kappa shape index (κ3) is 1.89. The van der Waals surface area contributed by atoms with Gasteiger partial charge in [-0.2, -0.15) is 0 Å². The summed E-state index contributed by atoms with van der Waals surface area (Å²) in [6.45, 7) is 12.9. The molecule has 4 rings (SSSR count). The van der Waals surface area contributed by atoms with E-state index in [4.69, 9.17) is 11.6 Å². The first-order valence-corrected chi connectivity index (χ1v) is 7.25. The summed E-state index contributed by atoms with van der Waals surface area (Å²) in [6, 6.07) is 3.83. The molecule has 22 heavy (non-hydrogen) atoms. The van der Waals surface area contributed by atoms with E-state index >= 15 is 0 Å². The van der Waals surface area contributed by atoms with Crippen LogP contribution in [0.15, 0.2) is 18.5 Å². The number of benzene rings is 1. The summed E-state index contributed by atoms with van der Waals surface area (Å²) in [4.78, 5) is 10.6. The fourth-order valence-electron chi connectivity index (χ4n) is 2.89. The Morgan fingerprint density at radius 3 is 2.86 bits per heavy atom. The summed E-state index contributed by atoms with van der Waals surface area (Å²) in [5.41, 5.74) is 4.06. The van der Waals surface area contributed by atoms with Crippen molar-refractivity contribution >= 4 is 28.2 Å². The molecule has 0 atom stereocenters. The molecule has 3 heterocycles. The molecule has 7 nitrogen and oxygen atoms in total. The molecule has 1 aliphatic heterocycles. The van der Waals surface area contributed by atoms with Crippen LogP contribution < -0.4 is 10.2 Å². The van der Waals surface area contributed by atoms with E-state index in [1.54, 1.807) is 6.33 Å². The molecule has 1 aliphatic rings. The van der Waals surface area contributed by atoms with Gasteiger partial charge in [0.2, 0.25) is 5.65 Å². The zero-order valence-electron chi connectivity index (χ0n) is 12.2. The lowest BCUT2D eigenvalue weighted by atomic mass is 10.1. The highest BCUT2D eigenvalue weighted by atomic mass is 15.3. The number of rotatable bonds is 1. The number of fused-ring (bicyclic) bond motifs is 3. The first-order chi connectivity index (χ1) is 10.8. The van der Waals surface area contributed by atoms with Crippen LogP contribution in [-0.4, -0.2) is 45.8 Å². The van der Waals surface area contributed by atoms with Gasteiger partial charge in [-0.3, -0.25) is 4.40 Å².